The van der Waals surface area contributed by atoms with Gasteiger partial charge in [-0.25, -0.2) is 9.67 Å². The number of para-hydroxylation sites is 1. The molecule has 2 heterocycles. The van der Waals surface area contributed by atoms with E-state index in [2.05, 4.69) is 20.6 Å². The molecule has 1 N–H and O–H groups in total. The standard InChI is InChI=1S/C19H16N6O/c1-24-11-10-20-18(24)14-6-5-7-15(12-14)21-19(26)17-13-25(23-22-17)16-8-3-2-4-9-16/h2-13H,1H3,(H,21,26). The summed E-state index contributed by atoms with van der Waals surface area (Å²) < 4.78 is 3.49. The third-order valence-electron chi connectivity index (χ3n) is 3.95. The Morgan fingerprint density at radius 1 is 1.08 bits per heavy atom. The van der Waals surface area contributed by atoms with Gasteiger partial charge in [0.05, 0.1) is 11.9 Å². The number of imidazole rings is 1. The van der Waals surface area contributed by atoms with Crippen molar-refractivity contribution in [3.8, 4) is 17.1 Å². The minimum atomic E-state index is -0.316. The molecule has 4 aromatic rings. The predicted molar refractivity (Wildman–Crippen MR) is 98.0 cm³/mol. The van der Waals surface area contributed by atoms with Crippen LogP contribution in [0.3, 0.4) is 0 Å². The zero-order chi connectivity index (χ0) is 17.9. The van der Waals surface area contributed by atoms with Crippen molar-refractivity contribution in [3.05, 3.63) is 78.9 Å². The van der Waals surface area contributed by atoms with Gasteiger partial charge in [-0.2, -0.15) is 0 Å². The second-order valence-electron chi connectivity index (χ2n) is 5.78. The number of nitrogens with one attached hydrogen (secondary N) is 1. The van der Waals surface area contributed by atoms with Gasteiger partial charge < -0.3 is 9.88 Å². The van der Waals surface area contributed by atoms with E-state index >= 15 is 0 Å². The average Bonchev–Trinajstić information content (AvgIpc) is 3.32. The van der Waals surface area contributed by atoms with Crippen LogP contribution in [-0.4, -0.2) is 30.5 Å². The smallest absolute Gasteiger partial charge is 0.277 e. The zero-order valence-electron chi connectivity index (χ0n) is 14.1. The Morgan fingerprint density at radius 2 is 1.92 bits per heavy atom. The fourth-order valence-electron chi connectivity index (χ4n) is 2.65. The van der Waals surface area contributed by atoms with Crippen molar-refractivity contribution in [1.82, 2.24) is 24.5 Å². The summed E-state index contributed by atoms with van der Waals surface area (Å²) in [6.07, 6.45) is 5.22. The van der Waals surface area contributed by atoms with Crippen LogP contribution in [0.5, 0.6) is 0 Å². The number of hydrogen-bond acceptors (Lipinski definition) is 4. The summed E-state index contributed by atoms with van der Waals surface area (Å²) in [7, 11) is 1.93. The summed E-state index contributed by atoms with van der Waals surface area (Å²) in [4.78, 5) is 16.8. The molecular weight excluding hydrogens is 328 g/mol. The minimum absolute atomic E-state index is 0.247. The lowest BCUT2D eigenvalue weighted by molar-refractivity contribution is 0.102. The molecule has 0 radical (unpaired) electrons. The molecule has 0 unspecified atom stereocenters. The zero-order valence-corrected chi connectivity index (χ0v) is 14.1. The normalized spacial score (nSPS) is 10.7. The van der Waals surface area contributed by atoms with Gasteiger partial charge in [0.15, 0.2) is 5.69 Å². The molecular formula is C19H16N6O. The van der Waals surface area contributed by atoms with Crippen LogP contribution >= 0.6 is 0 Å². The maximum atomic E-state index is 12.5. The van der Waals surface area contributed by atoms with Crippen molar-refractivity contribution >= 4 is 11.6 Å². The number of amides is 1. The molecule has 0 saturated heterocycles. The van der Waals surface area contributed by atoms with Gasteiger partial charge in [-0.1, -0.05) is 35.5 Å². The van der Waals surface area contributed by atoms with Crippen LogP contribution in [0.4, 0.5) is 5.69 Å². The molecule has 0 fully saturated rings. The Hall–Kier alpha value is -3.74. The van der Waals surface area contributed by atoms with Gasteiger partial charge >= 0.3 is 0 Å². The minimum Gasteiger partial charge on any atom is -0.334 e. The lowest BCUT2D eigenvalue weighted by Crippen LogP contribution is -2.12. The first-order valence-electron chi connectivity index (χ1n) is 8.07. The fourth-order valence-corrected chi connectivity index (χ4v) is 2.65. The summed E-state index contributed by atoms with van der Waals surface area (Å²) in [6, 6.07) is 17.0. The molecule has 0 aliphatic heterocycles. The Bertz CT molecular complexity index is 1050. The summed E-state index contributed by atoms with van der Waals surface area (Å²) in [5, 5.41) is 10.8. The monoisotopic (exact) mass is 344 g/mol. The van der Waals surface area contributed by atoms with Crippen molar-refractivity contribution in [3.63, 3.8) is 0 Å². The number of aryl methyl sites for hydroxylation is 1. The Labute approximate surface area is 149 Å². The second kappa shape index (κ2) is 6.64. The summed E-state index contributed by atoms with van der Waals surface area (Å²) in [5.41, 5.74) is 2.68. The third-order valence-corrected chi connectivity index (χ3v) is 3.95. The van der Waals surface area contributed by atoms with Crippen molar-refractivity contribution in [1.29, 1.82) is 0 Å². The van der Waals surface area contributed by atoms with Crippen LogP contribution in [0.2, 0.25) is 0 Å². The van der Waals surface area contributed by atoms with Crippen LogP contribution < -0.4 is 5.32 Å². The van der Waals surface area contributed by atoms with E-state index in [1.165, 1.54) is 0 Å². The van der Waals surface area contributed by atoms with E-state index < -0.39 is 0 Å². The van der Waals surface area contributed by atoms with Crippen molar-refractivity contribution < 1.29 is 4.79 Å². The highest BCUT2D eigenvalue weighted by atomic mass is 16.2. The van der Waals surface area contributed by atoms with E-state index in [0.717, 1.165) is 17.1 Å². The van der Waals surface area contributed by atoms with E-state index in [4.69, 9.17) is 0 Å². The number of benzene rings is 2. The van der Waals surface area contributed by atoms with Crippen LogP contribution in [0.25, 0.3) is 17.1 Å². The molecule has 4 rings (SSSR count). The molecule has 7 heteroatoms. The first-order valence-corrected chi connectivity index (χ1v) is 8.07. The topological polar surface area (TPSA) is 77.6 Å². The number of rotatable bonds is 4. The fraction of sp³-hybridized carbons (Fsp3) is 0.0526. The van der Waals surface area contributed by atoms with Gasteiger partial charge in [0.2, 0.25) is 0 Å². The van der Waals surface area contributed by atoms with Gasteiger partial charge in [0, 0.05) is 30.7 Å². The molecule has 26 heavy (non-hydrogen) atoms. The molecule has 7 nitrogen and oxygen atoms in total. The van der Waals surface area contributed by atoms with Gasteiger partial charge in [0.1, 0.15) is 5.82 Å². The number of anilines is 1. The molecule has 0 aliphatic rings. The first-order chi connectivity index (χ1) is 12.7. The first kappa shape index (κ1) is 15.8. The van der Waals surface area contributed by atoms with Crippen LogP contribution in [0.15, 0.2) is 73.2 Å². The Morgan fingerprint density at radius 3 is 2.69 bits per heavy atom. The van der Waals surface area contributed by atoms with Crippen LogP contribution in [-0.2, 0) is 7.05 Å². The number of carbonyl (C=O) groups excluding carboxylic acids is 1. The SMILES string of the molecule is Cn1ccnc1-c1cccc(NC(=O)c2cn(-c3ccccc3)nn2)c1. The van der Waals surface area contributed by atoms with Gasteiger partial charge in [-0.3, -0.25) is 4.79 Å². The molecule has 0 spiro atoms. The largest absolute Gasteiger partial charge is 0.334 e. The van der Waals surface area contributed by atoms with E-state index in [0.29, 0.717) is 5.69 Å². The molecule has 2 aromatic carbocycles. The van der Waals surface area contributed by atoms with Crippen molar-refractivity contribution in [2.75, 3.05) is 5.32 Å². The maximum Gasteiger partial charge on any atom is 0.277 e. The lowest BCUT2D eigenvalue weighted by Gasteiger charge is -2.06. The quantitative estimate of drug-likeness (QED) is 0.617. The van der Waals surface area contributed by atoms with Gasteiger partial charge in [-0.05, 0) is 24.3 Å². The number of nitrogens with zero attached hydrogens (tertiary/aromatic N) is 5. The third kappa shape index (κ3) is 3.10. The van der Waals surface area contributed by atoms with Crippen LogP contribution in [0, 0.1) is 0 Å². The van der Waals surface area contributed by atoms with E-state index in [1.807, 2.05) is 72.4 Å². The summed E-state index contributed by atoms with van der Waals surface area (Å²) in [6.45, 7) is 0. The number of aromatic nitrogens is 5. The van der Waals surface area contributed by atoms with E-state index in [1.54, 1.807) is 17.1 Å². The number of carbonyl (C=O) groups is 1. The molecule has 128 valence electrons. The summed E-state index contributed by atoms with van der Waals surface area (Å²) in [5.74, 6) is 0.514. The Balaban J connectivity index is 1.54. The molecule has 0 atom stereocenters. The second-order valence-corrected chi connectivity index (χ2v) is 5.78. The van der Waals surface area contributed by atoms with E-state index in [-0.39, 0.29) is 11.6 Å². The van der Waals surface area contributed by atoms with Gasteiger partial charge in [-0.15, -0.1) is 5.10 Å². The Kier molecular flexibility index (Phi) is 4.03. The average molecular weight is 344 g/mol. The molecule has 1 amide bonds. The van der Waals surface area contributed by atoms with E-state index in [9.17, 15) is 4.79 Å². The van der Waals surface area contributed by atoms with Gasteiger partial charge in [0.25, 0.3) is 5.91 Å². The summed E-state index contributed by atoms with van der Waals surface area (Å²) >= 11 is 0. The number of hydrogen-bond donors (Lipinski definition) is 1. The van der Waals surface area contributed by atoms with Crippen molar-refractivity contribution in [2.24, 2.45) is 7.05 Å². The molecule has 0 aliphatic carbocycles. The maximum absolute atomic E-state index is 12.5. The lowest BCUT2D eigenvalue weighted by atomic mass is 10.2. The predicted octanol–water partition coefficient (Wildman–Crippen LogP) is 2.92. The van der Waals surface area contributed by atoms with Crippen molar-refractivity contribution in [2.45, 2.75) is 0 Å². The highest BCUT2D eigenvalue weighted by molar-refractivity contribution is 6.02. The highest BCUT2D eigenvalue weighted by Gasteiger charge is 2.12. The molecule has 2 aromatic heterocycles. The molecule has 0 saturated carbocycles. The molecule has 0 bridgehead atoms. The highest BCUT2D eigenvalue weighted by Crippen LogP contribution is 2.21. The van der Waals surface area contributed by atoms with Crippen LogP contribution in [0.1, 0.15) is 10.5 Å².